The van der Waals surface area contributed by atoms with Crippen LogP contribution in [0.25, 0.3) is 0 Å². The van der Waals surface area contributed by atoms with Crippen LogP contribution in [0.2, 0.25) is 0 Å². The van der Waals surface area contributed by atoms with Crippen LogP contribution in [0.4, 0.5) is 0 Å². The smallest absolute Gasteiger partial charge is 0.305 e. The van der Waals surface area contributed by atoms with E-state index in [1.807, 2.05) is 6.08 Å². The number of hydrogen-bond donors (Lipinski definition) is 3. The van der Waals surface area contributed by atoms with Crippen molar-refractivity contribution in [3.8, 4) is 0 Å². The molecule has 1 amide bonds. The highest BCUT2D eigenvalue weighted by Gasteiger charge is 2.18. The minimum absolute atomic E-state index is 0.00355. The van der Waals surface area contributed by atoms with E-state index in [-0.39, 0.29) is 18.5 Å². The van der Waals surface area contributed by atoms with Gasteiger partial charge in [0.25, 0.3) is 0 Å². The number of ether oxygens (including phenoxy) is 1. The largest absolute Gasteiger partial charge is 0.466 e. The standard InChI is InChI=1S/C74H139NO5/c1-3-5-7-9-11-13-15-17-19-21-22-23-25-28-31-35-38-42-46-50-54-58-62-66-72(77)71(70-76)75-73(78)67-63-59-55-51-47-43-39-36-32-29-26-24-27-30-33-37-41-45-49-53-57-61-65-69-80-74(79)68-64-60-56-52-48-44-40-34-20-18-16-14-12-10-8-6-4-2/h18,20,24,27,29,32,62,66,71-72,76-77H,3-17,19,21-23,25-26,28,30-31,33-61,63-65,67-70H2,1-2H3,(H,75,78)/b20-18-,27-24-,32-29-,66-62+. The second-order valence-electron chi connectivity index (χ2n) is 24.6. The Morgan fingerprint density at radius 3 is 0.963 bits per heavy atom. The van der Waals surface area contributed by atoms with Gasteiger partial charge in [-0.25, -0.2) is 0 Å². The number of esters is 1. The van der Waals surface area contributed by atoms with Crippen LogP contribution < -0.4 is 5.32 Å². The van der Waals surface area contributed by atoms with Gasteiger partial charge in [-0.3, -0.25) is 9.59 Å². The lowest BCUT2D eigenvalue weighted by Gasteiger charge is -2.20. The van der Waals surface area contributed by atoms with E-state index in [4.69, 9.17) is 4.74 Å². The molecule has 0 aliphatic rings. The summed E-state index contributed by atoms with van der Waals surface area (Å²) >= 11 is 0. The molecule has 3 N–H and O–H groups in total. The normalized spacial score (nSPS) is 12.8. The van der Waals surface area contributed by atoms with Gasteiger partial charge in [-0.1, -0.05) is 332 Å². The fourth-order valence-electron chi connectivity index (χ4n) is 11.1. The lowest BCUT2D eigenvalue weighted by Crippen LogP contribution is -2.45. The third-order valence-corrected chi connectivity index (χ3v) is 16.6. The average molecular weight is 1120 g/mol. The molecule has 0 aromatic heterocycles. The maximum absolute atomic E-state index is 12.5. The average Bonchev–Trinajstić information content (AvgIpc) is 3.46. The Labute approximate surface area is 499 Å². The van der Waals surface area contributed by atoms with Crippen LogP contribution >= 0.6 is 0 Å². The van der Waals surface area contributed by atoms with E-state index in [1.54, 1.807) is 6.08 Å². The van der Waals surface area contributed by atoms with Crippen molar-refractivity contribution in [3.05, 3.63) is 48.6 Å². The predicted octanol–water partition coefficient (Wildman–Crippen LogP) is 23.3. The molecular weight excluding hydrogens is 983 g/mol. The Balaban J connectivity index is 3.47. The summed E-state index contributed by atoms with van der Waals surface area (Å²) in [4.78, 5) is 24.6. The number of amides is 1. The zero-order chi connectivity index (χ0) is 57.8. The van der Waals surface area contributed by atoms with E-state index in [0.29, 0.717) is 19.4 Å². The Morgan fingerprint density at radius 1 is 0.350 bits per heavy atom. The molecule has 2 unspecified atom stereocenters. The number of aliphatic hydroxyl groups is 2. The second kappa shape index (κ2) is 69.3. The van der Waals surface area contributed by atoms with Crippen LogP contribution in [0.1, 0.15) is 386 Å². The van der Waals surface area contributed by atoms with Gasteiger partial charge in [0.1, 0.15) is 0 Å². The minimum Gasteiger partial charge on any atom is -0.466 e. The molecule has 0 aliphatic carbocycles. The lowest BCUT2D eigenvalue weighted by molar-refractivity contribution is -0.143. The fourth-order valence-corrected chi connectivity index (χ4v) is 11.1. The molecule has 6 nitrogen and oxygen atoms in total. The third-order valence-electron chi connectivity index (χ3n) is 16.6. The number of hydrogen-bond acceptors (Lipinski definition) is 5. The van der Waals surface area contributed by atoms with Gasteiger partial charge < -0.3 is 20.3 Å². The van der Waals surface area contributed by atoms with Crippen LogP contribution in [0.3, 0.4) is 0 Å². The third kappa shape index (κ3) is 65.0. The molecule has 0 fully saturated rings. The molecule has 2 atom stereocenters. The monoisotopic (exact) mass is 1120 g/mol. The van der Waals surface area contributed by atoms with Crippen molar-refractivity contribution in [3.63, 3.8) is 0 Å². The van der Waals surface area contributed by atoms with Gasteiger partial charge in [0.2, 0.25) is 5.91 Å². The van der Waals surface area contributed by atoms with Crippen molar-refractivity contribution in [2.75, 3.05) is 13.2 Å². The number of allylic oxidation sites excluding steroid dienone is 7. The van der Waals surface area contributed by atoms with Gasteiger partial charge in [-0.05, 0) is 89.9 Å². The highest BCUT2D eigenvalue weighted by molar-refractivity contribution is 5.76. The van der Waals surface area contributed by atoms with Crippen molar-refractivity contribution in [2.45, 2.75) is 398 Å². The van der Waals surface area contributed by atoms with Gasteiger partial charge in [0, 0.05) is 12.8 Å². The molecule has 0 aliphatic heterocycles. The quantitative estimate of drug-likeness (QED) is 0.0320. The number of nitrogens with one attached hydrogen (secondary N) is 1. The second-order valence-corrected chi connectivity index (χ2v) is 24.6. The zero-order valence-corrected chi connectivity index (χ0v) is 53.8. The maximum Gasteiger partial charge on any atom is 0.305 e. The van der Waals surface area contributed by atoms with Crippen molar-refractivity contribution in [1.82, 2.24) is 5.32 Å². The summed E-state index contributed by atoms with van der Waals surface area (Å²) in [5.41, 5.74) is 0. The molecule has 0 aromatic carbocycles. The highest BCUT2D eigenvalue weighted by Crippen LogP contribution is 2.18. The number of carbonyl (C=O) groups excluding carboxylic acids is 2. The first-order valence-electron chi connectivity index (χ1n) is 35.9. The molecule has 0 heterocycles. The van der Waals surface area contributed by atoms with E-state index in [2.05, 4.69) is 55.6 Å². The molecule has 0 radical (unpaired) electrons. The topological polar surface area (TPSA) is 95.9 Å². The molecule has 0 saturated carbocycles. The summed E-state index contributed by atoms with van der Waals surface area (Å²) in [5, 5.41) is 23.3. The van der Waals surface area contributed by atoms with E-state index >= 15 is 0 Å². The predicted molar refractivity (Wildman–Crippen MR) is 352 cm³/mol. The van der Waals surface area contributed by atoms with Crippen molar-refractivity contribution in [1.29, 1.82) is 0 Å². The first-order valence-corrected chi connectivity index (χ1v) is 35.9. The van der Waals surface area contributed by atoms with Gasteiger partial charge in [0.05, 0.1) is 25.4 Å². The van der Waals surface area contributed by atoms with Gasteiger partial charge in [-0.15, -0.1) is 0 Å². The van der Waals surface area contributed by atoms with Crippen LogP contribution in [0.15, 0.2) is 48.6 Å². The lowest BCUT2D eigenvalue weighted by atomic mass is 10.0. The molecule has 6 heteroatoms. The van der Waals surface area contributed by atoms with Gasteiger partial charge in [0.15, 0.2) is 0 Å². The minimum atomic E-state index is -0.853. The first-order chi connectivity index (χ1) is 39.5. The summed E-state index contributed by atoms with van der Waals surface area (Å²) in [6.45, 7) is 4.92. The molecule has 0 spiro atoms. The first kappa shape index (κ1) is 77.8. The summed E-state index contributed by atoms with van der Waals surface area (Å²) in [6.07, 6.45) is 90.4. The number of carbonyl (C=O) groups is 2. The van der Waals surface area contributed by atoms with Crippen molar-refractivity contribution < 1.29 is 24.5 Å². The number of aliphatic hydroxyl groups excluding tert-OH is 2. The van der Waals surface area contributed by atoms with Crippen LogP contribution in [0.5, 0.6) is 0 Å². The Morgan fingerprint density at radius 2 is 0.625 bits per heavy atom. The van der Waals surface area contributed by atoms with Crippen molar-refractivity contribution >= 4 is 11.9 Å². The number of rotatable bonds is 67. The zero-order valence-electron chi connectivity index (χ0n) is 53.8. The number of unbranched alkanes of at least 4 members (excludes halogenated alkanes) is 50. The fraction of sp³-hybridized carbons (Fsp3) is 0.865. The van der Waals surface area contributed by atoms with Gasteiger partial charge >= 0.3 is 5.97 Å². The molecular formula is C74H139NO5. The Hall–Kier alpha value is -2.18. The van der Waals surface area contributed by atoms with E-state index < -0.39 is 12.1 Å². The van der Waals surface area contributed by atoms with Crippen molar-refractivity contribution in [2.24, 2.45) is 0 Å². The van der Waals surface area contributed by atoms with Crippen LogP contribution in [0, 0.1) is 0 Å². The highest BCUT2D eigenvalue weighted by atomic mass is 16.5. The van der Waals surface area contributed by atoms with Crippen LogP contribution in [-0.2, 0) is 14.3 Å². The molecule has 0 aromatic rings. The van der Waals surface area contributed by atoms with Gasteiger partial charge in [-0.2, -0.15) is 0 Å². The molecule has 470 valence electrons. The summed E-state index contributed by atoms with van der Waals surface area (Å²) < 4.78 is 5.49. The SMILES string of the molecule is CCCCCCCC/C=C\CCCCCCCCCC(=O)OCCCCCCCCCCC/C=C\C/C=C\CCCCCCCCCC(=O)NC(CO)C(O)/C=C/CCCCCCCCCCCCCCCCCCCCCCC. The maximum atomic E-state index is 12.5. The summed E-state index contributed by atoms with van der Waals surface area (Å²) in [7, 11) is 0. The molecule has 80 heavy (non-hydrogen) atoms. The molecule has 0 rings (SSSR count). The Bertz CT molecular complexity index is 1340. The van der Waals surface area contributed by atoms with E-state index in [1.165, 1.54) is 295 Å². The molecule has 0 bridgehead atoms. The summed E-state index contributed by atoms with van der Waals surface area (Å²) in [6, 6.07) is -0.638. The van der Waals surface area contributed by atoms with E-state index in [0.717, 1.165) is 64.2 Å². The summed E-state index contributed by atoms with van der Waals surface area (Å²) in [5.74, 6) is -0.0717. The van der Waals surface area contributed by atoms with Crippen LogP contribution in [-0.4, -0.2) is 47.4 Å². The Kier molecular flexibility index (Phi) is 67.4. The van der Waals surface area contributed by atoms with E-state index in [9.17, 15) is 19.8 Å². The molecule has 0 saturated heterocycles.